The molecule has 3 nitrogen and oxygen atoms in total. The van der Waals surface area contributed by atoms with Gasteiger partial charge in [0.15, 0.2) is 0 Å². The van der Waals surface area contributed by atoms with Crippen LogP contribution in [0.25, 0.3) is 0 Å². The number of rotatable bonds is 9. The Hall–Kier alpha value is -0.570. The molecule has 0 aliphatic rings. The van der Waals surface area contributed by atoms with Crippen molar-refractivity contribution in [2.75, 3.05) is 20.6 Å². The van der Waals surface area contributed by atoms with E-state index in [0.717, 1.165) is 25.8 Å². The quantitative estimate of drug-likeness (QED) is 0.597. The van der Waals surface area contributed by atoms with Crippen molar-refractivity contribution < 1.29 is 4.79 Å². The molecule has 1 unspecified atom stereocenters. The van der Waals surface area contributed by atoms with Crippen LogP contribution in [0.2, 0.25) is 0 Å². The first-order valence-corrected chi connectivity index (χ1v) is 6.02. The number of carbonyl (C=O) groups is 1. The van der Waals surface area contributed by atoms with Crippen LogP contribution in [0.15, 0.2) is 0 Å². The number of amides is 1. The largest absolute Gasteiger partial charge is 0.369 e. The molecule has 0 rings (SSSR count). The minimum Gasteiger partial charge on any atom is -0.369 e. The predicted molar refractivity (Wildman–Crippen MR) is 64.6 cm³/mol. The molecular weight excluding hydrogens is 188 g/mol. The van der Waals surface area contributed by atoms with E-state index in [1.165, 1.54) is 19.3 Å². The summed E-state index contributed by atoms with van der Waals surface area (Å²) in [6, 6.07) is 0. The van der Waals surface area contributed by atoms with Crippen LogP contribution >= 0.6 is 0 Å². The number of hydrogen-bond acceptors (Lipinski definition) is 2. The van der Waals surface area contributed by atoms with Crippen molar-refractivity contribution in [2.45, 2.75) is 45.4 Å². The van der Waals surface area contributed by atoms with Gasteiger partial charge in [0.1, 0.15) is 0 Å². The van der Waals surface area contributed by atoms with Gasteiger partial charge in [0, 0.05) is 5.92 Å². The Bertz CT molecular complexity index is 169. The highest BCUT2D eigenvalue weighted by Crippen LogP contribution is 2.14. The molecule has 0 aliphatic carbocycles. The standard InChI is InChI=1S/C12H26N2O/c1-4-5-6-7-8-11(12(13)15)9-10-14(2)3/h11H,4-10H2,1-3H3,(H2,13,15). The third-order valence-corrected chi connectivity index (χ3v) is 2.73. The van der Waals surface area contributed by atoms with Gasteiger partial charge in [-0.3, -0.25) is 4.79 Å². The summed E-state index contributed by atoms with van der Waals surface area (Å²) in [7, 11) is 4.05. The third-order valence-electron chi connectivity index (χ3n) is 2.73. The highest BCUT2D eigenvalue weighted by atomic mass is 16.1. The monoisotopic (exact) mass is 214 g/mol. The fourth-order valence-corrected chi connectivity index (χ4v) is 1.66. The highest BCUT2D eigenvalue weighted by Gasteiger charge is 2.14. The van der Waals surface area contributed by atoms with Gasteiger partial charge in [-0.05, 0) is 33.5 Å². The molecule has 90 valence electrons. The van der Waals surface area contributed by atoms with Crippen LogP contribution in [0.3, 0.4) is 0 Å². The number of nitrogens with zero attached hydrogens (tertiary/aromatic N) is 1. The second-order valence-electron chi connectivity index (χ2n) is 4.54. The summed E-state index contributed by atoms with van der Waals surface area (Å²) < 4.78 is 0. The lowest BCUT2D eigenvalue weighted by Crippen LogP contribution is -2.27. The Balaban J connectivity index is 3.69. The van der Waals surface area contributed by atoms with Crippen LogP contribution in [-0.4, -0.2) is 31.4 Å². The second-order valence-corrected chi connectivity index (χ2v) is 4.54. The molecule has 0 aliphatic heterocycles. The molecule has 1 amide bonds. The first-order valence-electron chi connectivity index (χ1n) is 6.02. The van der Waals surface area contributed by atoms with Gasteiger partial charge in [-0.25, -0.2) is 0 Å². The summed E-state index contributed by atoms with van der Waals surface area (Å²) in [5, 5.41) is 0. The molecule has 3 heteroatoms. The van der Waals surface area contributed by atoms with Gasteiger partial charge in [-0.15, -0.1) is 0 Å². The molecule has 0 bridgehead atoms. The van der Waals surface area contributed by atoms with Crippen molar-refractivity contribution >= 4 is 5.91 Å². The molecule has 0 saturated carbocycles. The molecule has 0 spiro atoms. The molecule has 0 aromatic carbocycles. The van der Waals surface area contributed by atoms with Crippen molar-refractivity contribution in [3.8, 4) is 0 Å². The number of carbonyl (C=O) groups excluding carboxylic acids is 1. The summed E-state index contributed by atoms with van der Waals surface area (Å²) in [6.07, 6.45) is 6.72. The predicted octanol–water partition coefficient (Wildman–Crippen LogP) is 2.01. The van der Waals surface area contributed by atoms with Crippen LogP contribution in [0.5, 0.6) is 0 Å². The van der Waals surface area contributed by atoms with Crippen LogP contribution in [0, 0.1) is 5.92 Å². The molecule has 15 heavy (non-hydrogen) atoms. The van der Waals surface area contributed by atoms with Gasteiger partial charge < -0.3 is 10.6 Å². The zero-order valence-corrected chi connectivity index (χ0v) is 10.5. The van der Waals surface area contributed by atoms with E-state index in [1.807, 2.05) is 14.1 Å². The fraction of sp³-hybridized carbons (Fsp3) is 0.917. The molecule has 0 fully saturated rings. The summed E-state index contributed by atoms with van der Waals surface area (Å²) in [5.74, 6) is -0.0578. The Labute approximate surface area is 94.0 Å². The SMILES string of the molecule is CCCCCCC(CCN(C)C)C(N)=O. The Morgan fingerprint density at radius 1 is 1.20 bits per heavy atom. The average Bonchev–Trinajstić information content (AvgIpc) is 2.15. The van der Waals surface area contributed by atoms with E-state index in [9.17, 15) is 4.79 Å². The summed E-state index contributed by atoms with van der Waals surface area (Å²) in [4.78, 5) is 13.3. The maximum Gasteiger partial charge on any atom is 0.220 e. The van der Waals surface area contributed by atoms with Crippen molar-refractivity contribution in [1.82, 2.24) is 4.90 Å². The van der Waals surface area contributed by atoms with E-state index in [4.69, 9.17) is 5.73 Å². The summed E-state index contributed by atoms with van der Waals surface area (Å²) in [5.41, 5.74) is 5.38. The second kappa shape index (κ2) is 8.72. The van der Waals surface area contributed by atoms with Crippen LogP contribution in [-0.2, 0) is 4.79 Å². The molecule has 0 aromatic rings. The van der Waals surface area contributed by atoms with Crippen molar-refractivity contribution in [2.24, 2.45) is 11.7 Å². The van der Waals surface area contributed by atoms with E-state index in [-0.39, 0.29) is 11.8 Å². The lowest BCUT2D eigenvalue weighted by Gasteiger charge is -2.16. The normalized spacial score (nSPS) is 13.1. The van der Waals surface area contributed by atoms with Crippen LogP contribution < -0.4 is 5.73 Å². The summed E-state index contributed by atoms with van der Waals surface area (Å²) in [6.45, 7) is 3.14. The Morgan fingerprint density at radius 3 is 2.33 bits per heavy atom. The van der Waals surface area contributed by atoms with Gasteiger partial charge in [-0.1, -0.05) is 32.6 Å². The number of nitrogens with two attached hydrogens (primary N) is 1. The van der Waals surface area contributed by atoms with Crippen molar-refractivity contribution in [3.05, 3.63) is 0 Å². The first-order chi connectivity index (χ1) is 7.07. The average molecular weight is 214 g/mol. The van der Waals surface area contributed by atoms with E-state index in [2.05, 4.69) is 11.8 Å². The maximum absolute atomic E-state index is 11.2. The number of unbranched alkanes of at least 4 members (excludes halogenated alkanes) is 3. The zero-order valence-electron chi connectivity index (χ0n) is 10.5. The maximum atomic E-state index is 11.2. The summed E-state index contributed by atoms with van der Waals surface area (Å²) >= 11 is 0. The van der Waals surface area contributed by atoms with E-state index in [0.29, 0.717) is 0 Å². The lowest BCUT2D eigenvalue weighted by atomic mass is 9.96. The van der Waals surface area contributed by atoms with Gasteiger partial charge in [-0.2, -0.15) is 0 Å². The molecule has 0 aromatic heterocycles. The first kappa shape index (κ1) is 14.4. The van der Waals surface area contributed by atoms with Crippen LogP contribution in [0.4, 0.5) is 0 Å². The van der Waals surface area contributed by atoms with E-state index in [1.54, 1.807) is 0 Å². The third kappa shape index (κ3) is 8.43. The molecule has 0 heterocycles. The smallest absolute Gasteiger partial charge is 0.220 e. The van der Waals surface area contributed by atoms with E-state index >= 15 is 0 Å². The molecule has 0 radical (unpaired) electrons. The zero-order chi connectivity index (χ0) is 11.7. The molecule has 0 saturated heterocycles. The van der Waals surface area contributed by atoms with Crippen molar-refractivity contribution in [3.63, 3.8) is 0 Å². The lowest BCUT2D eigenvalue weighted by molar-refractivity contribution is -0.122. The van der Waals surface area contributed by atoms with E-state index < -0.39 is 0 Å². The number of primary amides is 1. The molecule has 2 N–H and O–H groups in total. The van der Waals surface area contributed by atoms with Gasteiger partial charge >= 0.3 is 0 Å². The van der Waals surface area contributed by atoms with Gasteiger partial charge in [0.2, 0.25) is 5.91 Å². The number of hydrogen-bond donors (Lipinski definition) is 1. The van der Waals surface area contributed by atoms with Gasteiger partial charge in [0.25, 0.3) is 0 Å². The Morgan fingerprint density at radius 2 is 1.87 bits per heavy atom. The Kier molecular flexibility index (Phi) is 8.38. The minimum absolute atomic E-state index is 0.0734. The molecular formula is C12H26N2O. The molecule has 1 atom stereocenters. The van der Waals surface area contributed by atoms with Gasteiger partial charge in [0.05, 0.1) is 0 Å². The van der Waals surface area contributed by atoms with Crippen LogP contribution in [0.1, 0.15) is 45.4 Å². The fourth-order valence-electron chi connectivity index (χ4n) is 1.66. The topological polar surface area (TPSA) is 46.3 Å². The minimum atomic E-state index is -0.131. The van der Waals surface area contributed by atoms with Crippen molar-refractivity contribution in [1.29, 1.82) is 0 Å². The highest BCUT2D eigenvalue weighted by molar-refractivity contribution is 5.76.